The van der Waals surface area contributed by atoms with E-state index in [4.69, 9.17) is 5.73 Å². The van der Waals surface area contributed by atoms with E-state index in [-0.39, 0.29) is 0 Å². The number of nitrogens with two attached hydrogens (primary N) is 1. The van der Waals surface area contributed by atoms with Gasteiger partial charge in [-0.05, 0) is 6.07 Å². The molecule has 3 aromatic heterocycles. The molecule has 0 aliphatic rings. The average Bonchev–Trinajstić information content (AvgIpc) is 2.73. The molecule has 5 nitrogen and oxygen atoms in total. The van der Waals surface area contributed by atoms with Gasteiger partial charge < -0.3 is 5.73 Å². The second-order valence-electron chi connectivity index (χ2n) is 3.15. The van der Waals surface area contributed by atoms with Gasteiger partial charge in [0, 0.05) is 18.6 Å². The molecule has 3 rings (SSSR count). The van der Waals surface area contributed by atoms with Crippen molar-refractivity contribution in [2.24, 2.45) is 0 Å². The molecule has 78 valence electrons. The van der Waals surface area contributed by atoms with Gasteiger partial charge in [0.05, 0.1) is 10.9 Å². The van der Waals surface area contributed by atoms with E-state index in [1.165, 1.54) is 11.3 Å². The Kier molecular flexibility index (Phi) is 2.00. The van der Waals surface area contributed by atoms with Crippen LogP contribution >= 0.6 is 11.3 Å². The molecule has 0 spiro atoms. The van der Waals surface area contributed by atoms with Gasteiger partial charge in [0.15, 0.2) is 5.82 Å². The van der Waals surface area contributed by atoms with Crippen molar-refractivity contribution in [1.82, 2.24) is 19.9 Å². The van der Waals surface area contributed by atoms with E-state index >= 15 is 0 Å². The minimum atomic E-state index is 0.398. The van der Waals surface area contributed by atoms with Crippen molar-refractivity contribution in [3.05, 3.63) is 30.9 Å². The van der Waals surface area contributed by atoms with Crippen LogP contribution in [0, 0.1) is 0 Å². The highest BCUT2D eigenvalue weighted by Gasteiger charge is 2.10. The molecular weight excluding hydrogens is 222 g/mol. The van der Waals surface area contributed by atoms with Crippen molar-refractivity contribution in [3.63, 3.8) is 0 Å². The highest BCUT2D eigenvalue weighted by atomic mass is 32.1. The van der Waals surface area contributed by atoms with Crippen LogP contribution in [0.5, 0.6) is 0 Å². The molecule has 3 heterocycles. The molecule has 16 heavy (non-hydrogen) atoms. The summed E-state index contributed by atoms with van der Waals surface area (Å²) in [6.45, 7) is 0. The van der Waals surface area contributed by atoms with Crippen molar-refractivity contribution in [2.75, 3.05) is 5.73 Å². The van der Waals surface area contributed by atoms with Crippen LogP contribution in [0.3, 0.4) is 0 Å². The van der Waals surface area contributed by atoms with Crippen LogP contribution in [0.15, 0.2) is 30.9 Å². The van der Waals surface area contributed by atoms with Crippen LogP contribution in [0.4, 0.5) is 5.82 Å². The Morgan fingerprint density at radius 2 is 2.00 bits per heavy atom. The lowest BCUT2D eigenvalue weighted by molar-refractivity contribution is 1.21. The maximum atomic E-state index is 5.75. The Morgan fingerprint density at radius 1 is 1.12 bits per heavy atom. The van der Waals surface area contributed by atoms with E-state index in [0.29, 0.717) is 11.5 Å². The van der Waals surface area contributed by atoms with E-state index in [9.17, 15) is 0 Å². The van der Waals surface area contributed by atoms with E-state index in [0.717, 1.165) is 15.2 Å². The van der Waals surface area contributed by atoms with Crippen LogP contribution in [-0.4, -0.2) is 19.9 Å². The number of hydrogen-bond donors (Lipinski definition) is 1. The van der Waals surface area contributed by atoms with Gasteiger partial charge in [-0.25, -0.2) is 15.0 Å². The van der Waals surface area contributed by atoms with E-state index in [1.807, 2.05) is 6.07 Å². The van der Waals surface area contributed by atoms with Crippen LogP contribution in [0.1, 0.15) is 0 Å². The summed E-state index contributed by atoms with van der Waals surface area (Å²) in [6, 6.07) is 1.92. The second-order valence-corrected chi connectivity index (χ2v) is 4.18. The predicted octanol–water partition coefficient (Wildman–Crippen LogP) is 1.73. The van der Waals surface area contributed by atoms with Gasteiger partial charge in [-0.3, -0.25) is 4.98 Å². The number of pyridine rings is 1. The van der Waals surface area contributed by atoms with E-state index in [1.54, 1.807) is 24.8 Å². The zero-order valence-corrected chi connectivity index (χ0v) is 8.98. The van der Waals surface area contributed by atoms with Gasteiger partial charge in [-0.2, -0.15) is 0 Å². The number of aromatic nitrogens is 4. The Hall–Kier alpha value is -2.08. The van der Waals surface area contributed by atoms with Crippen LogP contribution in [0.2, 0.25) is 0 Å². The number of hydrogen-bond acceptors (Lipinski definition) is 6. The molecule has 2 N–H and O–H groups in total. The summed E-state index contributed by atoms with van der Waals surface area (Å²) >= 11 is 1.53. The van der Waals surface area contributed by atoms with Crippen molar-refractivity contribution < 1.29 is 0 Å². The molecule has 3 aromatic rings. The fraction of sp³-hybridized carbons (Fsp3) is 0. The summed E-state index contributed by atoms with van der Waals surface area (Å²) < 4.78 is 1.06. The number of rotatable bonds is 1. The first-order chi connectivity index (χ1) is 7.84. The van der Waals surface area contributed by atoms with Gasteiger partial charge in [0.1, 0.15) is 16.2 Å². The third kappa shape index (κ3) is 1.40. The summed E-state index contributed by atoms with van der Waals surface area (Å²) in [4.78, 5) is 16.6. The molecule has 0 unspecified atom stereocenters. The fourth-order valence-corrected chi connectivity index (χ4v) is 2.33. The zero-order valence-electron chi connectivity index (χ0n) is 8.16. The quantitative estimate of drug-likeness (QED) is 0.687. The Bertz CT molecular complexity index is 615. The summed E-state index contributed by atoms with van der Waals surface area (Å²) in [5, 5.41) is 0.772. The average molecular weight is 229 g/mol. The van der Waals surface area contributed by atoms with Gasteiger partial charge in [-0.15, -0.1) is 11.3 Å². The number of fused-ring (bicyclic) bond motifs is 1. The number of anilines is 1. The smallest absolute Gasteiger partial charge is 0.152 e. The molecule has 0 saturated carbocycles. The van der Waals surface area contributed by atoms with Gasteiger partial charge in [0.2, 0.25) is 0 Å². The molecule has 0 aliphatic heterocycles. The van der Waals surface area contributed by atoms with Crippen LogP contribution in [-0.2, 0) is 0 Å². The zero-order chi connectivity index (χ0) is 11.0. The van der Waals surface area contributed by atoms with Gasteiger partial charge in [-0.1, -0.05) is 0 Å². The normalized spacial score (nSPS) is 10.8. The van der Waals surface area contributed by atoms with Crippen molar-refractivity contribution in [1.29, 1.82) is 0 Å². The minimum absolute atomic E-state index is 0.398. The number of nitrogens with zero attached hydrogens (tertiary/aromatic N) is 4. The largest absolute Gasteiger partial charge is 0.382 e. The lowest BCUT2D eigenvalue weighted by Crippen LogP contribution is -1.95. The monoisotopic (exact) mass is 229 g/mol. The topological polar surface area (TPSA) is 77.6 Å². The van der Waals surface area contributed by atoms with Crippen molar-refractivity contribution in [3.8, 4) is 10.7 Å². The SMILES string of the molecule is Nc1nccnc1-c1nc2cnccc2s1. The molecular formula is C10H7N5S. The van der Waals surface area contributed by atoms with Gasteiger partial charge >= 0.3 is 0 Å². The molecule has 0 amide bonds. The molecule has 0 bridgehead atoms. The Balaban J connectivity index is 2.23. The van der Waals surface area contributed by atoms with E-state index < -0.39 is 0 Å². The second kappa shape index (κ2) is 3.49. The third-order valence-electron chi connectivity index (χ3n) is 2.12. The molecule has 0 aliphatic carbocycles. The van der Waals surface area contributed by atoms with E-state index in [2.05, 4.69) is 19.9 Å². The maximum absolute atomic E-state index is 5.75. The van der Waals surface area contributed by atoms with Gasteiger partial charge in [0.25, 0.3) is 0 Å². The summed E-state index contributed by atoms with van der Waals surface area (Å²) in [5.74, 6) is 0.398. The van der Waals surface area contributed by atoms with Crippen molar-refractivity contribution in [2.45, 2.75) is 0 Å². The standard InChI is InChI=1S/C10H7N5S/c11-9-8(13-3-4-14-9)10-15-6-5-12-2-1-7(6)16-10/h1-5H,(H2,11,14). The first-order valence-corrected chi connectivity index (χ1v) is 5.43. The minimum Gasteiger partial charge on any atom is -0.382 e. The number of thiazole rings is 1. The first kappa shape index (κ1) is 9.17. The number of nitrogen functional groups attached to an aromatic ring is 1. The molecule has 0 atom stereocenters. The lowest BCUT2D eigenvalue weighted by Gasteiger charge is -1.97. The van der Waals surface area contributed by atoms with Crippen LogP contribution < -0.4 is 5.73 Å². The van der Waals surface area contributed by atoms with Crippen molar-refractivity contribution >= 4 is 27.4 Å². The molecule has 0 aromatic carbocycles. The van der Waals surface area contributed by atoms with Crippen LogP contribution in [0.25, 0.3) is 20.9 Å². The lowest BCUT2D eigenvalue weighted by atomic mass is 10.4. The Morgan fingerprint density at radius 3 is 2.81 bits per heavy atom. The maximum Gasteiger partial charge on any atom is 0.152 e. The predicted molar refractivity (Wildman–Crippen MR) is 62.9 cm³/mol. The summed E-state index contributed by atoms with van der Waals surface area (Å²) in [7, 11) is 0. The summed E-state index contributed by atoms with van der Waals surface area (Å²) in [5.41, 5.74) is 7.23. The molecule has 0 saturated heterocycles. The molecule has 6 heteroatoms. The molecule has 0 radical (unpaired) electrons. The highest BCUT2D eigenvalue weighted by Crippen LogP contribution is 2.30. The Labute approximate surface area is 95.0 Å². The first-order valence-electron chi connectivity index (χ1n) is 4.62. The summed E-state index contributed by atoms with van der Waals surface area (Å²) in [6.07, 6.45) is 6.63. The highest BCUT2D eigenvalue weighted by molar-refractivity contribution is 7.21. The molecule has 0 fully saturated rings. The third-order valence-corrected chi connectivity index (χ3v) is 3.16. The fourth-order valence-electron chi connectivity index (χ4n) is 1.39.